The lowest BCUT2D eigenvalue weighted by atomic mass is 10.2. The predicted molar refractivity (Wildman–Crippen MR) is 130 cm³/mol. The van der Waals surface area contributed by atoms with Gasteiger partial charge < -0.3 is 9.30 Å². The van der Waals surface area contributed by atoms with Crippen LogP contribution in [0, 0.1) is 10.1 Å². The van der Waals surface area contributed by atoms with Gasteiger partial charge in [-0.1, -0.05) is 24.7 Å². The van der Waals surface area contributed by atoms with Crippen LogP contribution < -0.4 is 4.80 Å². The molecular weight excluding hydrogens is 496 g/mol. The number of sulfonamides is 1. The Balaban J connectivity index is 1.99. The molecule has 1 heterocycles. The largest absolute Gasteiger partial charge is 0.468 e. The number of rotatable bonds is 9. The number of carbonyl (C=O) groups excluding carboxylic acids is 2. The summed E-state index contributed by atoms with van der Waals surface area (Å²) in [5.41, 5.74) is 0.332. The number of aromatic nitrogens is 1. The number of hydrogen-bond donors (Lipinski definition) is 0. The molecule has 0 N–H and O–H groups in total. The number of benzene rings is 2. The Labute approximate surface area is 205 Å². The number of carbonyl (C=O) groups is 2. The molecule has 2 aromatic carbocycles. The number of unbranched alkanes of at least 4 members (excludes halogenated alkanes) is 1. The summed E-state index contributed by atoms with van der Waals surface area (Å²) in [5, 5.41) is 11.2. The van der Waals surface area contributed by atoms with Gasteiger partial charge in [-0.15, -0.1) is 0 Å². The van der Waals surface area contributed by atoms with Gasteiger partial charge in [0.25, 0.3) is 11.6 Å². The van der Waals surface area contributed by atoms with Crippen LogP contribution in [0.5, 0.6) is 0 Å². The van der Waals surface area contributed by atoms with Crippen molar-refractivity contribution in [2.24, 2.45) is 4.99 Å². The minimum absolute atomic E-state index is 0.0579. The fourth-order valence-corrected chi connectivity index (χ4v) is 5.42. The molecule has 0 aliphatic rings. The maximum Gasteiger partial charge on any atom is 0.325 e. The van der Waals surface area contributed by atoms with Crippen LogP contribution >= 0.6 is 11.3 Å². The summed E-state index contributed by atoms with van der Waals surface area (Å²) in [6.45, 7) is 2.06. The highest BCUT2D eigenvalue weighted by atomic mass is 32.2. The number of esters is 1. The SMILES string of the molecule is CCCCN(C)S(=O)(=O)c1ccc(C(=O)N=c2sc3ccc([N+](=O)[O-])cc3n2CC(=O)OC)cc1. The van der Waals surface area contributed by atoms with Crippen molar-refractivity contribution < 1.29 is 27.7 Å². The van der Waals surface area contributed by atoms with Gasteiger partial charge in [-0.25, -0.2) is 12.7 Å². The summed E-state index contributed by atoms with van der Waals surface area (Å²) in [7, 11) is -0.970. The molecule has 35 heavy (non-hydrogen) atoms. The highest BCUT2D eigenvalue weighted by molar-refractivity contribution is 7.89. The van der Waals surface area contributed by atoms with E-state index in [-0.39, 0.29) is 27.5 Å². The molecule has 0 aliphatic carbocycles. The van der Waals surface area contributed by atoms with Crippen molar-refractivity contribution in [2.75, 3.05) is 20.7 Å². The fourth-order valence-electron chi connectivity index (χ4n) is 3.20. The fraction of sp³-hybridized carbons (Fsp3) is 0.318. The molecule has 1 amide bonds. The number of nitrogens with zero attached hydrogens (tertiary/aromatic N) is 4. The van der Waals surface area contributed by atoms with E-state index in [2.05, 4.69) is 4.99 Å². The zero-order valence-electron chi connectivity index (χ0n) is 19.3. The third-order valence-corrected chi connectivity index (χ3v) is 8.15. The number of nitro groups is 1. The van der Waals surface area contributed by atoms with E-state index < -0.39 is 26.8 Å². The van der Waals surface area contributed by atoms with E-state index >= 15 is 0 Å². The van der Waals surface area contributed by atoms with Crippen LogP contribution in [-0.4, -0.2) is 54.8 Å². The van der Waals surface area contributed by atoms with Gasteiger partial charge >= 0.3 is 5.97 Å². The first-order valence-electron chi connectivity index (χ1n) is 10.6. The van der Waals surface area contributed by atoms with E-state index in [1.807, 2.05) is 6.92 Å². The molecular formula is C22H24N4O7S2. The molecule has 0 unspecified atom stereocenters. The van der Waals surface area contributed by atoms with Gasteiger partial charge in [-0.2, -0.15) is 4.99 Å². The molecule has 13 heteroatoms. The van der Waals surface area contributed by atoms with Gasteiger partial charge in [0, 0.05) is 31.3 Å². The standard InChI is InChI=1S/C22H24N4O7S2/c1-4-5-12-24(2)35(31,32)17-9-6-15(7-10-17)21(28)23-22-25(14-20(27)33-3)18-13-16(26(29)30)8-11-19(18)34-22/h6-11,13H,4-5,12,14H2,1-3H3. The molecule has 186 valence electrons. The molecule has 0 radical (unpaired) electrons. The van der Waals surface area contributed by atoms with Crippen LogP contribution in [0.25, 0.3) is 10.2 Å². The maximum absolute atomic E-state index is 12.9. The van der Waals surface area contributed by atoms with E-state index in [1.54, 1.807) is 0 Å². The van der Waals surface area contributed by atoms with Crippen molar-refractivity contribution >= 4 is 49.1 Å². The number of methoxy groups -OCH3 is 1. The van der Waals surface area contributed by atoms with Crippen molar-refractivity contribution in [3.8, 4) is 0 Å². The van der Waals surface area contributed by atoms with Crippen LogP contribution in [0.4, 0.5) is 5.69 Å². The summed E-state index contributed by atoms with van der Waals surface area (Å²) < 4.78 is 33.3. The normalized spacial score (nSPS) is 12.3. The minimum Gasteiger partial charge on any atom is -0.468 e. The quantitative estimate of drug-likeness (QED) is 0.240. The van der Waals surface area contributed by atoms with Gasteiger partial charge in [0.2, 0.25) is 10.0 Å². The van der Waals surface area contributed by atoms with Crippen molar-refractivity contribution in [1.29, 1.82) is 0 Å². The van der Waals surface area contributed by atoms with Crippen molar-refractivity contribution in [3.05, 3.63) is 62.9 Å². The number of hydrogen-bond acceptors (Lipinski definition) is 8. The lowest BCUT2D eigenvalue weighted by Gasteiger charge is -2.16. The molecule has 0 saturated heterocycles. The molecule has 11 nitrogen and oxygen atoms in total. The lowest BCUT2D eigenvalue weighted by molar-refractivity contribution is -0.384. The van der Waals surface area contributed by atoms with Gasteiger partial charge in [0.1, 0.15) is 6.54 Å². The van der Waals surface area contributed by atoms with E-state index in [0.717, 1.165) is 24.2 Å². The first-order chi connectivity index (χ1) is 16.6. The second-order valence-electron chi connectivity index (χ2n) is 7.58. The summed E-state index contributed by atoms with van der Waals surface area (Å²) in [6.07, 6.45) is 1.59. The Kier molecular flexibility index (Phi) is 8.14. The molecule has 3 rings (SSSR count). The summed E-state index contributed by atoms with van der Waals surface area (Å²) >= 11 is 1.08. The second-order valence-corrected chi connectivity index (χ2v) is 10.6. The van der Waals surface area contributed by atoms with Crippen LogP contribution in [0.15, 0.2) is 52.4 Å². The summed E-state index contributed by atoms with van der Waals surface area (Å²) in [4.78, 5) is 39.7. The van der Waals surface area contributed by atoms with E-state index in [9.17, 15) is 28.1 Å². The topological polar surface area (TPSA) is 141 Å². The smallest absolute Gasteiger partial charge is 0.325 e. The number of amides is 1. The molecule has 0 atom stereocenters. The van der Waals surface area contributed by atoms with Crippen molar-refractivity contribution in [2.45, 2.75) is 31.2 Å². The van der Waals surface area contributed by atoms with E-state index in [1.165, 1.54) is 65.5 Å². The van der Waals surface area contributed by atoms with Crippen molar-refractivity contribution in [1.82, 2.24) is 8.87 Å². The summed E-state index contributed by atoms with van der Waals surface area (Å²) in [5.74, 6) is -1.28. The average Bonchev–Trinajstić information content (AvgIpc) is 3.18. The molecule has 1 aromatic heterocycles. The molecule has 0 fully saturated rings. The number of thiazole rings is 1. The third kappa shape index (κ3) is 5.81. The minimum atomic E-state index is -3.68. The van der Waals surface area contributed by atoms with Gasteiger partial charge in [0.05, 0.1) is 27.1 Å². The molecule has 0 saturated carbocycles. The van der Waals surface area contributed by atoms with Crippen LogP contribution in [0.1, 0.15) is 30.1 Å². The molecule has 0 bridgehead atoms. The highest BCUT2D eigenvalue weighted by Crippen LogP contribution is 2.23. The van der Waals surface area contributed by atoms with Crippen LogP contribution in [-0.2, 0) is 26.1 Å². The van der Waals surface area contributed by atoms with Gasteiger partial charge in [0.15, 0.2) is 4.80 Å². The Morgan fingerprint density at radius 1 is 1.20 bits per heavy atom. The van der Waals surface area contributed by atoms with E-state index in [4.69, 9.17) is 4.74 Å². The first kappa shape index (κ1) is 26.2. The zero-order valence-corrected chi connectivity index (χ0v) is 21.0. The second kappa shape index (κ2) is 10.9. The number of ether oxygens (including phenoxy) is 1. The number of fused-ring (bicyclic) bond motifs is 1. The molecule has 0 spiro atoms. The van der Waals surface area contributed by atoms with Crippen molar-refractivity contribution in [3.63, 3.8) is 0 Å². The monoisotopic (exact) mass is 520 g/mol. The third-order valence-electron chi connectivity index (χ3n) is 5.22. The van der Waals surface area contributed by atoms with E-state index in [0.29, 0.717) is 16.8 Å². The Morgan fingerprint density at radius 3 is 2.49 bits per heavy atom. The first-order valence-corrected chi connectivity index (χ1v) is 12.8. The summed E-state index contributed by atoms with van der Waals surface area (Å²) in [6, 6.07) is 9.57. The molecule has 0 aliphatic heterocycles. The van der Waals surface area contributed by atoms with Crippen LogP contribution in [0.3, 0.4) is 0 Å². The maximum atomic E-state index is 12.9. The van der Waals surface area contributed by atoms with Crippen LogP contribution in [0.2, 0.25) is 0 Å². The molecule has 3 aromatic rings. The highest BCUT2D eigenvalue weighted by Gasteiger charge is 2.21. The Bertz CT molecular complexity index is 1440. The zero-order chi connectivity index (χ0) is 25.8. The van der Waals surface area contributed by atoms with Gasteiger partial charge in [-0.3, -0.25) is 19.7 Å². The predicted octanol–water partition coefficient (Wildman–Crippen LogP) is 2.95. The van der Waals surface area contributed by atoms with Gasteiger partial charge in [-0.05, 0) is 36.8 Å². The number of non-ortho nitro benzene ring substituents is 1. The Morgan fingerprint density at radius 2 is 1.89 bits per heavy atom. The number of nitro benzene ring substituents is 1. The Hall–Kier alpha value is -3.42. The lowest BCUT2D eigenvalue weighted by Crippen LogP contribution is -2.27. The average molecular weight is 521 g/mol.